The standard InChI is InChI=1S/C13H17N3O/c1-3-17-15-11(2)12-4-6-13(7-5-12)16-9-8-14-10-16/h4-11,15H,3H2,1-2H3. The van der Waals surface area contributed by atoms with Crippen LogP contribution in [0.3, 0.4) is 0 Å². The highest BCUT2D eigenvalue weighted by Gasteiger charge is 2.04. The third-order valence-corrected chi connectivity index (χ3v) is 2.60. The van der Waals surface area contributed by atoms with Gasteiger partial charge in [0.1, 0.15) is 0 Å². The van der Waals surface area contributed by atoms with Crippen LogP contribution in [0.2, 0.25) is 0 Å². The van der Waals surface area contributed by atoms with Crippen molar-refractivity contribution in [2.45, 2.75) is 19.9 Å². The summed E-state index contributed by atoms with van der Waals surface area (Å²) >= 11 is 0. The van der Waals surface area contributed by atoms with Crippen molar-refractivity contribution in [3.63, 3.8) is 0 Å². The van der Waals surface area contributed by atoms with Crippen LogP contribution in [0.5, 0.6) is 0 Å². The fourth-order valence-electron chi connectivity index (χ4n) is 1.62. The smallest absolute Gasteiger partial charge is 0.0991 e. The summed E-state index contributed by atoms with van der Waals surface area (Å²) in [5.74, 6) is 0. The van der Waals surface area contributed by atoms with Crippen molar-refractivity contribution in [2.24, 2.45) is 0 Å². The zero-order valence-corrected chi connectivity index (χ0v) is 10.1. The topological polar surface area (TPSA) is 39.1 Å². The number of hydrogen-bond acceptors (Lipinski definition) is 3. The van der Waals surface area contributed by atoms with E-state index in [-0.39, 0.29) is 6.04 Å². The van der Waals surface area contributed by atoms with Gasteiger partial charge in [-0.1, -0.05) is 12.1 Å². The van der Waals surface area contributed by atoms with E-state index in [1.807, 2.05) is 17.7 Å². The Hall–Kier alpha value is -1.65. The Morgan fingerprint density at radius 1 is 1.35 bits per heavy atom. The summed E-state index contributed by atoms with van der Waals surface area (Å²) in [6, 6.07) is 8.51. The van der Waals surface area contributed by atoms with E-state index in [2.05, 4.69) is 41.7 Å². The summed E-state index contributed by atoms with van der Waals surface area (Å²) in [4.78, 5) is 9.21. The van der Waals surface area contributed by atoms with Crippen LogP contribution < -0.4 is 5.48 Å². The lowest BCUT2D eigenvalue weighted by Crippen LogP contribution is -2.18. The molecule has 0 aliphatic rings. The lowest BCUT2D eigenvalue weighted by Gasteiger charge is -2.13. The number of nitrogens with zero attached hydrogens (tertiary/aromatic N) is 2. The summed E-state index contributed by atoms with van der Waals surface area (Å²) in [5.41, 5.74) is 5.29. The molecule has 1 atom stereocenters. The molecule has 0 bridgehead atoms. The molecule has 17 heavy (non-hydrogen) atoms. The number of benzene rings is 1. The summed E-state index contributed by atoms with van der Waals surface area (Å²) in [6.07, 6.45) is 5.49. The van der Waals surface area contributed by atoms with E-state index < -0.39 is 0 Å². The normalized spacial score (nSPS) is 12.6. The minimum absolute atomic E-state index is 0.187. The number of nitrogens with one attached hydrogen (secondary N) is 1. The molecule has 1 aromatic carbocycles. The summed E-state index contributed by atoms with van der Waals surface area (Å²) < 4.78 is 1.98. The Morgan fingerprint density at radius 2 is 2.12 bits per heavy atom. The predicted molar refractivity (Wildman–Crippen MR) is 66.7 cm³/mol. The third-order valence-electron chi connectivity index (χ3n) is 2.60. The second-order valence-electron chi connectivity index (χ2n) is 3.83. The molecule has 90 valence electrons. The van der Waals surface area contributed by atoms with Gasteiger partial charge in [0.05, 0.1) is 19.0 Å². The van der Waals surface area contributed by atoms with Crippen LogP contribution in [0.1, 0.15) is 25.5 Å². The largest absolute Gasteiger partial charge is 0.306 e. The molecule has 1 unspecified atom stereocenters. The molecule has 0 amide bonds. The molecule has 1 N–H and O–H groups in total. The second kappa shape index (κ2) is 5.61. The molecular weight excluding hydrogens is 214 g/mol. The molecule has 0 aliphatic heterocycles. The first-order valence-electron chi connectivity index (χ1n) is 5.77. The van der Waals surface area contributed by atoms with E-state index in [1.54, 1.807) is 12.5 Å². The van der Waals surface area contributed by atoms with E-state index in [1.165, 1.54) is 5.56 Å². The fourth-order valence-corrected chi connectivity index (χ4v) is 1.62. The van der Waals surface area contributed by atoms with Crippen molar-refractivity contribution in [1.29, 1.82) is 0 Å². The molecule has 2 aromatic rings. The average molecular weight is 231 g/mol. The minimum atomic E-state index is 0.187. The molecule has 1 heterocycles. The first kappa shape index (κ1) is 11.8. The Kier molecular flexibility index (Phi) is 3.90. The van der Waals surface area contributed by atoms with Gasteiger partial charge in [0.2, 0.25) is 0 Å². The molecule has 4 heteroatoms. The van der Waals surface area contributed by atoms with Gasteiger partial charge in [0, 0.05) is 18.1 Å². The Labute approximate surface area is 101 Å². The monoisotopic (exact) mass is 231 g/mol. The molecule has 0 spiro atoms. The maximum atomic E-state index is 5.19. The van der Waals surface area contributed by atoms with E-state index in [0.717, 1.165) is 5.69 Å². The van der Waals surface area contributed by atoms with Crippen LogP contribution in [0, 0.1) is 0 Å². The van der Waals surface area contributed by atoms with Gasteiger partial charge in [-0.2, -0.15) is 5.48 Å². The molecule has 0 saturated carbocycles. The number of hydroxylamine groups is 1. The summed E-state index contributed by atoms with van der Waals surface area (Å²) in [6.45, 7) is 4.70. The molecule has 0 saturated heterocycles. The van der Waals surface area contributed by atoms with Crippen LogP contribution in [-0.4, -0.2) is 16.2 Å². The second-order valence-corrected chi connectivity index (χ2v) is 3.83. The van der Waals surface area contributed by atoms with E-state index in [0.29, 0.717) is 6.61 Å². The first-order chi connectivity index (χ1) is 8.31. The van der Waals surface area contributed by atoms with Gasteiger partial charge >= 0.3 is 0 Å². The lowest BCUT2D eigenvalue weighted by atomic mass is 10.1. The van der Waals surface area contributed by atoms with Crippen molar-refractivity contribution in [2.75, 3.05) is 6.61 Å². The zero-order valence-electron chi connectivity index (χ0n) is 10.1. The van der Waals surface area contributed by atoms with E-state index >= 15 is 0 Å². The first-order valence-corrected chi connectivity index (χ1v) is 5.77. The quantitative estimate of drug-likeness (QED) is 0.803. The summed E-state index contributed by atoms with van der Waals surface area (Å²) in [5, 5.41) is 0. The Bertz CT molecular complexity index is 436. The zero-order chi connectivity index (χ0) is 12.1. The Morgan fingerprint density at radius 3 is 2.71 bits per heavy atom. The minimum Gasteiger partial charge on any atom is -0.306 e. The van der Waals surface area contributed by atoms with Gasteiger partial charge in [-0.25, -0.2) is 4.98 Å². The highest BCUT2D eigenvalue weighted by atomic mass is 16.6. The molecule has 2 rings (SSSR count). The number of hydrogen-bond donors (Lipinski definition) is 1. The highest BCUT2D eigenvalue weighted by molar-refractivity contribution is 5.35. The van der Waals surface area contributed by atoms with Crippen molar-refractivity contribution < 1.29 is 4.84 Å². The van der Waals surface area contributed by atoms with Crippen LogP contribution in [0.15, 0.2) is 43.0 Å². The fraction of sp³-hybridized carbons (Fsp3) is 0.308. The Balaban J connectivity index is 2.08. The van der Waals surface area contributed by atoms with Crippen LogP contribution >= 0.6 is 0 Å². The average Bonchev–Trinajstić information content (AvgIpc) is 2.90. The van der Waals surface area contributed by atoms with Gasteiger partial charge in [-0.05, 0) is 31.5 Å². The van der Waals surface area contributed by atoms with Crippen LogP contribution in [0.25, 0.3) is 5.69 Å². The van der Waals surface area contributed by atoms with Crippen molar-refractivity contribution in [3.05, 3.63) is 48.5 Å². The molecule has 4 nitrogen and oxygen atoms in total. The number of rotatable bonds is 5. The van der Waals surface area contributed by atoms with Crippen molar-refractivity contribution >= 4 is 0 Å². The van der Waals surface area contributed by atoms with Gasteiger partial charge < -0.3 is 9.40 Å². The number of aromatic nitrogens is 2. The van der Waals surface area contributed by atoms with Crippen LogP contribution in [-0.2, 0) is 4.84 Å². The van der Waals surface area contributed by atoms with Gasteiger partial charge in [-0.15, -0.1) is 0 Å². The maximum Gasteiger partial charge on any atom is 0.0991 e. The molecule has 1 aromatic heterocycles. The van der Waals surface area contributed by atoms with Crippen LogP contribution in [0.4, 0.5) is 0 Å². The van der Waals surface area contributed by atoms with Gasteiger partial charge in [0.25, 0.3) is 0 Å². The van der Waals surface area contributed by atoms with Crippen molar-refractivity contribution in [3.8, 4) is 5.69 Å². The summed E-state index contributed by atoms with van der Waals surface area (Å²) in [7, 11) is 0. The molecule has 0 fully saturated rings. The predicted octanol–water partition coefficient (Wildman–Crippen LogP) is 2.47. The van der Waals surface area contributed by atoms with E-state index in [9.17, 15) is 0 Å². The third kappa shape index (κ3) is 2.93. The highest BCUT2D eigenvalue weighted by Crippen LogP contribution is 2.15. The molecule has 0 radical (unpaired) electrons. The van der Waals surface area contributed by atoms with Gasteiger partial charge in [0.15, 0.2) is 0 Å². The number of imidazole rings is 1. The maximum absolute atomic E-state index is 5.19. The lowest BCUT2D eigenvalue weighted by molar-refractivity contribution is 0.0285. The van der Waals surface area contributed by atoms with Crippen molar-refractivity contribution in [1.82, 2.24) is 15.0 Å². The van der Waals surface area contributed by atoms with E-state index in [4.69, 9.17) is 4.84 Å². The van der Waals surface area contributed by atoms with Gasteiger partial charge in [-0.3, -0.25) is 0 Å². The molecule has 0 aliphatic carbocycles. The molecular formula is C13H17N3O. The SMILES string of the molecule is CCONC(C)c1ccc(-n2ccnc2)cc1.